The molecule has 0 aromatic heterocycles. The van der Waals surface area contributed by atoms with Gasteiger partial charge in [0.05, 0.1) is 17.8 Å². The number of amides is 1. The van der Waals surface area contributed by atoms with Crippen molar-refractivity contribution in [2.75, 3.05) is 25.4 Å². The summed E-state index contributed by atoms with van der Waals surface area (Å²) in [7, 11) is -3.49. The Labute approximate surface area is 212 Å². The molecular formula is C26H37N2O7P. The van der Waals surface area contributed by atoms with Crippen molar-refractivity contribution in [1.82, 2.24) is 10.6 Å². The maximum atomic E-state index is 12.5. The number of benzene rings is 2. The molecule has 0 saturated carbocycles. The van der Waals surface area contributed by atoms with Crippen molar-refractivity contribution in [2.45, 2.75) is 51.2 Å². The number of nitrogens with one attached hydrogen (secondary N) is 2. The standard InChI is InChI=1S/C26H37N2O7P/c1-19(21-6-5-7-22(16-21)26(32)33)28-17-24(30)18-36(34,35)15-4-2-3-14-27-25(31)13-10-20-8-11-23(29)12-9-20/h5-9,11-12,16,19,24,28-30H,2-4,10,13-15,17-18H2,1H3,(H,27,31)(H,32,33)(H,34,35). The number of aromatic hydroxyl groups is 1. The third-order valence-corrected chi connectivity index (χ3v) is 7.88. The van der Waals surface area contributed by atoms with Crippen LogP contribution in [0.1, 0.15) is 60.1 Å². The molecule has 0 aliphatic carbocycles. The second kappa shape index (κ2) is 14.8. The lowest BCUT2D eigenvalue weighted by Gasteiger charge is -2.20. The van der Waals surface area contributed by atoms with Crippen molar-refractivity contribution in [2.24, 2.45) is 0 Å². The number of hydrogen-bond donors (Lipinski definition) is 6. The van der Waals surface area contributed by atoms with E-state index in [0.29, 0.717) is 38.6 Å². The van der Waals surface area contributed by atoms with Gasteiger partial charge in [0.1, 0.15) is 5.75 Å². The molecule has 3 unspecified atom stereocenters. The van der Waals surface area contributed by atoms with Gasteiger partial charge in [-0.2, -0.15) is 0 Å². The molecule has 0 saturated heterocycles. The second-order valence-electron chi connectivity index (χ2n) is 9.04. The van der Waals surface area contributed by atoms with E-state index in [0.717, 1.165) is 11.1 Å². The number of aryl methyl sites for hydroxylation is 1. The highest BCUT2D eigenvalue weighted by Gasteiger charge is 2.23. The molecule has 9 nitrogen and oxygen atoms in total. The van der Waals surface area contributed by atoms with Crippen molar-refractivity contribution >= 4 is 19.2 Å². The summed E-state index contributed by atoms with van der Waals surface area (Å²) < 4.78 is 12.5. The molecule has 0 aliphatic rings. The normalized spacial score (nSPS) is 14.5. The van der Waals surface area contributed by atoms with Gasteiger partial charge in [0.15, 0.2) is 0 Å². The maximum Gasteiger partial charge on any atom is 0.335 e. The summed E-state index contributed by atoms with van der Waals surface area (Å²) in [6, 6.07) is 13.0. The Kier molecular flexibility index (Phi) is 12.1. The molecule has 0 spiro atoms. The molecule has 0 heterocycles. The van der Waals surface area contributed by atoms with Crippen LogP contribution in [0.5, 0.6) is 5.75 Å². The van der Waals surface area contributed by atoms with Gasteiger partial charge in [0.2, 0.25) is 13.3 Å². The molecule has 3 atom stereocenters. The lowest BCUT2D eigenvalue weighted by molar-refractivity contribution is -0.121. The summed E-state index contributed by atoms with van der Waals surface area (Å²) in [4.78, 5) is 33.3. The summed E-state index contributed by atoms with van der Waals surface area (Å²) in [6.45, 7) is 2.44. The Morgan fingerprint density at radius 3 is 2.47 bits per heavy atom. The number of carbonyl (C=O) groups excluding carboxylic acids is 1. The highest BCUT2D eigenvalue weighted by Crippen LogP contribution is 2.42. The predicted molar refractivity (Wildman–Crippen MR) is 139 cm³/mol. The van der Waals surface area contributed by atoms with Crippen LogP contribution in [0.3, 0.4) is 0 Å². The number of aromatic carboxylic acids is 1. The lowest BCUT2D eigenvalue weighted by Crippen LogP contribution is -2.31. The van der Waals surface area contributed by atoms with Gasteiger partial charge < -0.3 is 30.8 Å². The molecule has 0 bridgehead atoms. The van der Waals surface area contributed by atoms with Gasteiger partial charge in [-0.3, -0.25) is 9.36 Å². The number of aliphatic hydroxyl groups excluding tert-OH is 1. The molecule has 2 aromatic rings. The Morgan fingerprint density at radius 2 is 1.78 bits per heavy atom. The number of unbranched alkanes of at least 4 members (excludes halogenated alkanes) is 2. The van der Waals surface area contributed by atoms with Gasteiger partial charge in [0.25, 0.3) is 0 Å². The number of rotatable bonds is 16. The van der Waals surface area contributed by atoms with E-state index in [9.17, 15) is 29.3 Å². The number of phenolic OH excluding ortho intramolecular Hbond substituents is 1. The first-order valence-corrected chi connectivity index (χ1v) is 14.2. The number of aliphatic hydroxyl groups is 1. The van der Waals surface area contributed by atoms with Crippen LogP contribution in [-0.4, -0.2) is 63.6 Å². The van der Waals surface area contributed by atoms with Crippen LogP contribution in [0.2, 0.25) is 0 Å². The van der Waals surface area contributed by atoms with E-state index in [4.69, 9.17) is 5.11 Å². The third-order valence-electron chi connectivity index (χ3n) is 5.87. The van der Waals surface area contributed by atoms with Gasteiger partial charge in [-0.1, -0.05) is 30.7 Å². The molecule has 0 radical (unpaired) electrons. The molecule has 0 fully saturated rings. The van der Waals surface area contributed by atoms with Gasteiger partial charge >= 0.3 is 5.97 Å². The summed E-state index contributed by atoms with van der Waals surface area (Å²) in [6.07, 6.45) is 1.74. The predicted octanol–water partition coefficient (Wildman–Crippen LogP) is 3.29. The van der Waals surface area contributed by atoms with Gasteiger partial charge in [0, 0.05) is 31.7 Å². The molecule has 2 rings (SSSR count). The summed E-state index contributed by atoms with van der Waals surface area (Å²) in [5.41, 5.74) is 1.90. The van der Waals surface area contributed by atoms with Gasteiger partial charge in [-0.15, -0.1) is 0 Å². The van der Waals surface area contributed by atoms with E-state index in [1.807, 2.05) is 6.92 Å². The van der Waals surface area contributed by atoms with E-state index in [1.165, 1.54) is 6.07 Å². The van der Waals surface area contributed by atoms with Crippen LogP contribution in [0, 0.1) is 0 Å². The fraction of sp³-hybridized carbons (Fsp3) is 0.462. The van der Waals surface area contributed by atoms with Crippen molar-refractivity contribution in [1.29, 1.82) is 0 Å². The highest BCUT2D eigenvalue weighted by molar-refractivity contribution is 7.58. The zero-order chi connectivity index (χ0) is 26.6. The minimum absolute atomic E-state index is 0.0598. The Morgan fingerprint density at radius 1 is 1.06 bits per heavy atom. The van der Waals surface area contributed by atoms with E-state index in [-0.39, 0.29) is 42.1 Å². The highest BCUT2D eigenvalue weighted by atomic mass is 31.2. The summed E-state index contributed by atoms with van der Waals surface area (Å²) in [5.74, 6) is -0.883. The van der Waals surface area contributed by atoms with Crippen molar-refractivity contribution in [3.63, 3.8) is 0 Å². The zero-order valence-corrected chi connectivity index (χ0v) is 21.5. The molecular weight excluding hydrogens is 483 g/mol. The first-order valence-electron chi connectivity index (χ1n) is 12.2. The van der Waals surface area contributed by atoms with E-state index < -0.39 is 19.4 Å². The smallest absolute Gasteiger partial charge is 0.335 e. The SMILES string of the molecule is CC(NCC(O)CP(=O)(O)CCCCCNC(=O)CCc1ccc(O)cc1)c1cccc(C(=O)O)c1. The topological polar surface area (TPSA) is 156 Å². The van der Waals surface area contributed by atoms with Crippen LogP contribution in [0.4, 0.5) is 0 Å². The zero-order valence-electron chi connectivity index (χ0n) is 20.6. The number of carboxylic acids is 1. The Hall–Kier alpha value is -2.71. The Bertz CT molecular complexity index is 1030. The van der Waals surface area contributed by atoms with E-state index >= 15 is 0 Å². The molecule has 198 valence electrons. The van der Waals surface area contributed by atoms with E-state index in [2.05, 4.69) is 10.6 Å². The van der Waals surface area contributed by atoms with Crippen LogP contribution < -0.4 is 10.6 Å². The van der Waals surface area contributed by atoms with Crippen LogP contribution in [0.25, 0.3) is 0 Å². The monoisotopic (exact) mass is 520 g/mol. The molecule has 2 aromatic carbocycles. The molecule has 6 N–H and O–H groups in total. The van der Waals surface area contributed by atoms with Gasteiger partial charge in [-0.05, 0) is 61.6 Å². The number of phenols is 1. The summed E-state index contributed by atoms with van der Waals surface area (Å²) >= 11 is 0. The quantitative estimate of drug-likeness (QED) is 0.145. The number of carbonyl (C=O) groups is 2. The van der Waals surface area contributed by atoms with Crippen LogP contribution >= 0.6 is 7.37 Å². The van der Waals surface area contributed by atoms with E-state index in [1.54, 1.807) is 42.5 Å². The molecule has 36 heavy (non-hydrogen) atoms. The minimum atomic E-state index is -3.49. The third kappa shape index (κ3) is 11.4. The van der Waals surface area contributed by atoms with Crippen LogP contribution in [0.15, 0.2) is 48.5 Å². The van der Waals surface area contributed by atoms with Gasteiger partial charge in [-0.25, -0.2) is 4.79 Å². The maximum absolute atomic E-state index is 12.5. The molecule has 10 heteroatoms. The lowest BCUT2D eigenvalue weighted by atomic mass is 10.1. The van der Waals surface area contributed by atoms with Crippen molar-refractivity contribution in [3.05, 3.63) is 65.2 Å². The fourth-order valence-electron chi connectivity index (χ4n) is 3.75. The average Bonchev–Trinajstić information content (AvgIpc) is 2.84. The minimum Gasteiger partial charge on any atom is -0.508 e. The second-order valence-corrected chi connectivity index (χ2v) is 11.5. The Balaban J connectivity index is 1.58. The number of hydrogen-bond acceptors (Lipinski definition) is 6. The molecule has 0 aliphatic heterocycles. The first-order chi connectivity index (χ1) is 17.1. The molecule has 1 amide bonds. The average molecular weight is 521 g/mol. The summed E-state index contributed by atoms with van der Waals surface area (Å²) in [5, 5.41) is 34.5. The number of carboxylic acid groups (broad SMARTS) is 1. The fourth-order valence-corrected chi connectivity index (χ4v) is 5.44. The largest absolute Gasteiger partial charge is 0.508 e. The van der Waals surface area contributed by atoms with Crippen molar-refractivity contribution < 1.29 is 34.4 Å². The van der Waals surface area contributed by atoms with Crippen molar-refractivity contribution in [3.8, 4) is 5.75 Å². The van der Waals surface area contributed by atoms with Crippen LogP contribution in [-0.2, 0) is 15.8 Å². The first kappa shape index (κ1) is 29.5.